The first-order chi connectivity index (χ1) is 14.9. The van der Waals surface area contributed by atoms with E-state index in [1.165, 1.54) is 63.5 Å². The third-order valence-corrected chi connectivity index (χ3v) is 9.04. The Hall–Kier alpha value is -1.18. The van der Waals surface area contributed by atoms with Crippen molar-refractivity contribution in [2.75, 3.05) is 11.9 Å². The van der Waals surface area contributed by atoms with Gasteiger partial charge in [0.1, 0.15) is 5.75 Å². The lowest BCUT2D eigenvalue weighted by Crippen LogP contribution is -2.60. The molecular weight excluding hydrogens is 378 g/mol. The van der Waals surface area contributed by atoms with E-state index >= 15 is 0 Å². The van der Waals surface area contributed by atoms with E-state index in [1.54, 1.807) is 5.56 Å². The van der Waals surface area contributed by atoms with Gasteiger partial charge in [-0.1, -0.05) is 65.9 Å². The van der Waals surface area contributed by atoms with E-state index in [1.807, 2.05) is 0 Å². The molecule has 0 aromatic heterocycles. The number of nitrogens with zero attached hydrogens (tertiary/aromatic N) is 1. The van der Waals surface area contributed by atoms with Crippen molar-refractivity contribution in [1.29, 1.82) is 0 Å². The fourth-order valence-corrected chi connectivity index (χ4v) is 6.78. The van der Waals surface area contributed by atoms with Crippen LogP contribution in [0.2, 0.25) is 0 Å². The lowest BCUT2D eigenvalue weighted by molar-refractivity contribution is 0.0938. The molecule has 0 spiro atoms. The van der Waals surface area contributed by atoms with Crippen molar-refractivity contribution in [1.82, 2.24) is 0 Å². The summed E-state index contributed by atoms with van der Waals surface area (Å²) in [6.07, 6.45) is 13.3. The van der Waals surface area contributed by atoms with E-state index in [-0.39, 0.29) is 11.6 Å². The normalized spacial score (nSPS) is 29.8. The second-order valence-corrected chi connectivity index (χ2v) is 10.9. The van der Waals surface area contributed by atoms with E-state index in [0.717, 1.165) is 24.0 Å². The highest BCUT2D eigenvalue weighted by Crippen LogP contribution is 2.57. The third kappa shape index (κ3) is 4.93. The highest BCUT2D eigenvalue weighted by molar-refractivity contribution is 5.63. The molecular formula is C29H49NO. The molecule has 0 bridgehead atoms. The summed E-state index contributed by atoms with van der Waals surface area (Å²) in [5, 5.41) is 0. The number of benzene rings is 1. The topological polar surface area (TPSA) is 12.5 Å². The van der Waals surface area contributed by atoms with Gasteiger partial charge in [-0.15, -0.1) is 0 Å². The number of ether oxygens (including phenoxy) is 1. The zero-order chi connectivity index (χ0) is 22.6. The van der Waals surface area contributed by atoms with Crippen LogP contribution < -0.4 is 9.64 Å². The van der Waals surface area contributed by atoms with Gasteiger partial charge in [0.2, 0.25) is 0 Å². The molecule has 0 radical (unpaired) electrons. The molecule has 2 heteroatoms. The van der Waals surface area contributed by atoms with Crippen molar-refractivity contribution in [3.8, 4) is 5.75 Å². The minimum Gasteiger partial charge on any atom is -0.491 e. The Balaban J connectivity index is 1.92. The van der Waals surface area contributed by atoms with Gasteiger partial charge in [0.25, 0.3) is 0 Å². The number of anilines is 1. The molecule has 6 atom stereocenters. The molecule has 2 aliphatic rings. The fraction of sp³-hybridized carbons (Fsp3) is 0.793. The van der Waals surface area contributed by atoms with Gasteiger partial charge in [-0.3, -0.25) is 0 Å². The number of unbranched alkanes of at least 4 members (excludes halogenated alkanes) is 2. The minimum atomic E-state index is 0.220. The van der Waals surface area contributed by atoms with Crippen molar-refractivity contribution >= 4 is 5.69 Å². The molecule has 0 saturated heterocycles. The molecule has 1 heterocycles. The van der Waals surface area contributed by atoms with Crippen molar-refractivity contribution in [2.45, 2.75) is 123 Å². The first-order valence-electron chi connectivity index (χ1n) is 13.4. The van der Waals surface area contributed by atoms with E-state index in [0.29, 0.717) is 11.8 Å². The van der Waals surface area contributed by atoms with Crippen molar-refractivity contribution in [3.05, 3.63) is 23.8 Å². The summed E-state index contributed by atoms with van der Waals surface area (Å²) in [7, 11) is 2.36. The molecule has 1 aromatic rings. The Bertz CT molecular complexity index is 700. The first kappa shape index (κ1) is 24.5. The summed E-state index contributed by atoms with van der Waals surface area (Å²) < 4.78 is 6.40. The van der Waals surface area contributed by atoms with E-state index < -0.39 is 0 Å². The van der Waals surface area contributed by atoms with Gasteiger partial charge in [0.15, 0.2) is 0 Å². The summed E-state index contributed by atoms with van der Waals surface area (Å²) in [5.74, 6) is 4.09. The Kier molecular flexibility index (Phi) is 8.38. The molecule has 0 amide bonds. The Labute approximate surface area is 193 Å². The van der Waals surface area contributed by atoms with Crippen LogP contribution in [0.15, 0.2) is 18.2 Å². The molecule has 1 aliphatic carbocycles. The number of hydrogen-bond acceptors (Lipinski definition) is 2. The highest BCUT2D eigenvalue weighted by atomic mass is 16.5. The molecule has 31 heavy (non-hydrogen) atoms. The maximum Gasteiger partial charge on any atom is 0.121 e. The second-order valence-electron chi connectivity index (χ2n) is 10.9. The van der Waals surface area contributed by atoms with E-state index in [2.05, 4.69) is 71.7 Å². The van der Waals surface area contributed by atoms with Crippen molar-refractivity contribution < 1.29 is 4.74 Å². The first-order valence-corrected chi connectivity index (χ1v) is 13.4. The van der Waals surface area contributed by atoms with Gasteiger partial charge in [-0.25, -0.2) is 0 Å². The van der Waals surface area contributed by atoms with Crippen LogP contribution in [0.4, 0.5) is 5.69 Å². The molecule has 1 fully saturated rings. The molecule has 1 aliphatic heterocycles. The van der Waals surface area contributed by atoms with Crippen LogP contribution in [-0.4, -0.2) is 18.7 Å². The second kappa shape index (κ2) is 10.6. The lowest BCUT2D eigenvalue weighted by Gasteiger charge is -2.59. The lowest BCUT2D eigenvalue weighted by atomic mass is 9.57. The van der Waals surface area contributed by atoms with Gasteiger partial charge in [-0.05, 0) is 81.3 Å². The molecule has 3 rings (SSSR count). The smallest absolute Gasteiger partial charge is 0.121 e. The van der Waals surface area contributed by atoms with Crippen LogP contribution in [0.3, 0.4) is 0 Å². The zero-order valence-electron chi connectivity index (χ0n) is 21.5. The van der Waals surface area contributed by atoms with Gasteiger partial charge in [-0.2, -0.15) is 0 Å². The van der Waals surface area contributed by atoms with Crippen LogP contribution in [0.1, 0.15) is 117 Å². The Morgan fingerprint density at radius 2 is 1.84 bits per heavy atom. The summed E-state index contributed by atoms with van der Waals surface area (Å²) in [6, 6.07) is 7.04. The zero-order valence-corrected chi connectivity index (χ0v) is 21.5. The van der Waals surface area contributed by atoms with Crippen LogP contribution >= 0.6 is 0 Å². The van der Waals surface area contributed by atoms with Gasteiger partial charge in [0, 0.05) is 24.3 Å². The minimum absolute atomic E-state index is 0.220. The summed E-state index contributed by atoms with van der Waals surface area (Å²) in [5.41, 5.74) is 3.23. The van der Waals surface area contributed by atoms with Crippen molar-refractivity contribution in [2.24, 2.45) is 17.8 Å². The number of rotatable bonds is 10. The van der Waals surface area contributed by atoms with Gasteiger partial charge >= 0.3 is 0 Å². The monoisotopic (exact) mass is 427 g/mol. The average molecular weight is 428 g/mol. The predicted molar refractivity (Wildman–Crippen MR) is 135 cm³/mol. The van der Waals surface area contributed by atoms with E-state index in [9.17, 15) is 0 Å². The summed E-state index contributed by atoms with van der Waals surface area (Å²) in [4.78, 5) is 2.66. The molecule has 1 aromatic carbocycles. The average Bonchev–Trinajstić information content (AvgIpc) is 2.77. The SMILES string of the molecule is CCCCCC(C)Oc1ccc2c(c1)N(C)C(C)(C(C)CCC)C1CCC(CC)CC21. The maximum absolute atomic E-state index is 6.40. The molecule has 2 nitrogen and oxygen atoms in total. The predicted octanol–water partition coefficient (Wildman–Crippen LogP) is 8.59. The van der Waals surface area contributed by atoms with E-state index in [4.69, 9.17) is 4.74 Å². The largest absolute Gasteiger partial charge is 0.491 e. The van der Waals surface area contributed by atoms with Gasteiger partial charge in [0.05, 0.1) is 6.10 Å². The summed E-state index contributed by atoms with van der Waals surface area (Å²) >= 11 is 0. The molecule has 0 N–H and O–H groups in total. The van der Waals surface area contributed by atoms with Gasteiger partial charge < -0.3 is 9.64 Å². The summed E-state index contributed by atoms with van der Waals surface area (Å²) in [6.45, 7) is 14.3. The molecule has 176 valence electrons. The van der Waals surface area contributed by atoms with Crippen LogP contribution in [-0.2, 0) is 0 Å². The highest BCUT2D eigenvalue weighted by Gasteiger charge is 2.51. The Morgan fingerprint density at radius 1 is 1.06 bits per heavy atom. The fourth-order valence-electron chi connectivity index (χ4n) is 6.78. The van der Waals surface area contributed by atoms with Crippen LogP contribution in [0, 0.1) is 17.8 Å². The number of hydrogen-bond donors (Lipinski definition) is 0. The number of fused-ring (bicyclic) bond motifs is 3. The van der Waals surface area contributed by atoms with Crippen LogP contribution in [0.5, 0.6) is 5.75 Å². The molecule has 1 saturated carbocycles. The quantitative estimate of drug-likeness (QED) is 0.347. The Morgan fingerprint density at radius 3 is 2.52 bits per heavy atom. The van der Waals surface area contributed by atoms with Crippen molar-refractivity contribution in [3.63, 3.8) is 0 Å². The standard InChI is InChI=1S/C29H49NO/c1-8-11-12-14-22(5)31-24-16-17-25-26-19-23(10-3)15-18-27(26)29(6,21(4)13-9-2)30(7)28(25)20-24/h16-17,20-23,26-27H,8-15,18-19H2,1-7H3. The molecule has 6 unspecified atom stereocenters. The third-order valence-electron chi connectivity index (χ3n) is 9.04. The maximum atomic E-state index is 6.40. The van der Waals surface area contributed by atoms with Crippen LogP contribution in [0.25, 0.3) is 0 Å².